The molecule has 0 bridgehead atoms. The third-order valence-corrected chi connectivity index (χ3v) is 3.09. The molecule has 0 saturated carbocycles. The fourth-order valence-corrected chi connectivity index (χ4v) is 2.34. The summed E-state index contributed by atoms with van der Waals surface area (Å²) in [5.74, 6) is 0. The summed E-state index contributed by atoms with van der Waals surface area (Å²) in [5.41, 5.74) is 6.26. The van der Waals surface area contributed by atoms with Crippen LogP contribution in [0.1, 0.15) is 32.5 Å². The van der Waals surface area contributed by atoms with Crippen LogP contribution in [-0.2, 0) is 0 Å². The normalized spacial score (nSPS) is 14.1. The molecule has 2 N–H and O–H groups in total. The third-order valence-electron chi connectivity index (χ3n) is 2.20. The lowest BCUT2D eigenvalue weighted by Crippen LogP contribution is -2.39. The van der Waals surface area contributed by atoms with Gasteiger partial charge >= 0.3 is 6.18 Å². The highest BCUT2D eigenvalue weighted by molar-refractivity contribution is 7.13. The smallest absolute Gasteiger partial charge is 0.337 e. The van der Waals surface area contributed by atoms with Crippen molar-refractivity contribution in [3.05, 3.63) is 11.1 Å². The Bertz CT molecular complexity index is 360. The molecule has 98 valence electrons. The molecule has 1 aromatic rings. The first-order valence-electron chi connectivity index (χ1n) is 5.25. The first kappa shape index (κ1) is 14.2. The molecular formula is C10H16F3N3S. The van der Waals surface area contributed by atoms with Gasteiger partial charge in [-0.3, -0.25) is 0 Å². The van der Waals surface area contributed by atoms with E-state index >= 15 is 0 Å². The summed E-state index contributed by atoms with van der Waals surface area (Å²) in [6.45, 7) is 4.18. The van der Waals surface area contributed by atoms with Crippen LogP contribution in [0.25, 0.3) is 0 Å². The highest BCUT2D eigenvalue weighted by Crippen LogP contribution is 2.28. The van der Waals surface area contributed by atoms with Crippen molar-refractivity contribution in [3.8, 4) is 0 Å². The topological polar surface area (TPSA) is 42.1 Å². The van der Waals surface area contributed by atoms with Gasteiger partial charge in [0.05, 0.1) is 5.69 Å². The average Bonchev–Trinajstić information content (AvgIpc) is 2.60. The average molecular weight is 267 g/mol. The summed E-state index contributed by atoms with van der Waals surface area (Å²) in [7, 11) is 0. The molecule has 3 nitrogen and oxygen atoms in total. The van der Waals surface area contributed by atoms with Crippen LogP contribution >= 0.6 is 11.3 Å². The van der Waals surface area contributed by atoms with E-state index in [1.807, 2.05) is 0 Å². The second-order valence-corrected chi connectivity index (χ2v) is 5.02. The van der Waals surface area contributed by atoms with Gasteiger partial charge in [-0.1, -0.05) is 0 Å². The molecule has 7 heteroatoms. The van der Waals surface area contributed by atoms with Crippen LogP contribution < -0.4 is 10.6 Å². The Morgan fingerprint density at radius 1 is 1.41 bits per heavy atom. The number of aromatic nitrogens is 1. The van der Waals surface area contributed by atoms with Gasteiger partial charge in [-0.15, -0.1) is 11.3 Å². The number of rotatable bonds is 4. The third kappa shape index (κ3) is 4.16. The van der Waals surface area contributed by atoms with Crippen LogP contribution in [0.3, 0.4) is 0 Å². The van der Waals surface area contributed by atoms with E-state index < -0.39 is 12.7 Å². The van der Waals surface area contributed by atoms with E-state index in [-0.39, 0.29) is 12.1 Å². The monoisotopic (exact) mass is 267 g/mol. The lowest BCUT2D eigenvalue weighted by molar-refractivity contribution is -0.120. The van der Waals surface area contributed by atoms with Gasteiger partial charge in [-0.25, -0.2) is 4.98 Å². The molecule has 0 amide bonds. The van der Waals surface area contributed by atoms with Crippen LogP contribution in [0.4, 0.5) is 18.3 Å². The number of nitrogens with two attached hydrogens (primary N) is 1. The molecule has 1 rings (SSSR count). The molecule has 0 radical (unpaired) electrons. The maximum atomic E-state index is 12.4. The molecule has 1 aromatic heterocycles. The lowest BCUT2D eigenvalue weighted by Gasteiger charge is -2.27. The molecule has 0 spiro atoms. The zero-order valence-corrected chi connectivity index (χ0v) is 10.8. The summed E-state index contributed by atoms with van der Waals surface area (Å²) >= 11 is 1.19. The number of halogens is 3. The molecule has 0 aromatic carbocycles. The SMILES string of the molecule is CC(N)c1csc(N(CC(F)(F)F)C(C)C)n1. The summed E-state index contributed by atoms with van der Waals surface area (Å²) < 4.78 is 37.3. The Kier molecular flexibility index (Phi) is 4.37. The van der Waals surface area contributed by atoms with Gasteiger partial charge in [0.1, 0.15) is 6.54 Å². The van der Waals surface area contributed by atoms with Gasteiger partial charge in [0.25, 0.3) is 0 Å². The molecule has 0 aliphatic heterocycles. The van der Waals surface area contributed by atoms with Crippen LogP contribution in [0, 0.1) is 0 Å². The van der Waals surface area contributed by atoms with Gasteiger partial charge in [-0.05, 0) is 20.8 Å². The van der Waals surface area contributed by atoms with Crippen molar-refractivity contribution in [3.63, 3.8) is 0 Å². The number of hydrogen-bond donors (Lipinski definition) is 1. The lowest BCUT2D eigenvalue weighted by atomic mass is 10.3. The minimum absolute atomic E-state index is 0.260. The molecule has 0 saturated heterocycles. The number of hydrogen-bond acceptors (Lipinski definition) is 4. The van der Waals surface area contributed by atoms with Gasteiger partial charge < -0.3 is 10.6 Å². The van der Waals surface area contributed by atoms with Crippen molar-refractivity contribution in [2.45, 2.75) is 39.0 Å². The molecular weight excluding hydrogens is 251 g/mol. The Hall–Kier alpha value is -0.820. The van der Waals surface area contributed by atoms with Crippen LogP contribution in [0.15, 0.2) is 5.38 Å². The van der Waals surface area contributed by atoms with E-state index in [1.54, 1.807) is 26.2 Å². The first-order valence-corrected chi connectivity index (χ1v) is 6.13. The Morgan fingerprint density at radius 3 is 2.35 bits per heavy atom. The number of anilines is 1. The van der Waals surface area contributed by atoms with E-state index in [9.17, 15) is 13.2 Å². The number of nitrogens with zero attached hydrogens (tertiary/aromatic N) is 2. The highest BCUT2D eigenvalue weighted by atomic mass is 32.1. The molecule has 1 unspecified atom stereocenters. The van der Waals surface area contributed by atoms with E-state index in [0.717, 1.165) is 0 Å². The quantitative estimate of drug-likeness (QED) is 0.912. The summed E-state index contributed by atoms with van der Waals surface area (Å²) in [6, 6.07) is -0.524. The van der Waals surface area contributed by atoms with E-state index in [1.165, 1.54) is 16.2 Å². The molecule has 1 atom stereocenters. The summed E-state index contributed by atoms with van der Waals surface area (Å²) in [6.07, 6.45) is -4.23. The van der Waals surface area contributed by atoms with Crippen LogP contribution in [0.5, 0.6) is 0 Å². The molecule has 17 heavy (non-hydrogen) atoms. The highest BCUT2D eigenvalue weighted by Gasteiger charge is 2.33. The molecule has 0 fully saturated rings. The first-order chi connectivity index (χ1) is 7.70. The standard InChI is InChI=1S/C10H16F3N3S/c1-6(2)16(5-10(11,12)13)9-15-8(4-17-9)7(3)14/h4,6-7H,5,14H2,1-3H3. The number of thiazole rings is 1. The minimum atomic E-state index is -4.23. The summed E-state index contributed by atoms with van der Waals surface area (Å²) in [5, 5.41) is 2.07. The van der Waals surface area contributed by atoms with Crippen LogP contribution in [0.2, 0.25) is 0 Å². The Morgan fingerprint density at radius 2 is 2.00 bits per heavy atom. The molecule has 0 aliphatic carbocycles. The summed E-state index contributed by atoms with van der Waals surface area (Å²) in [4.78, 5) is 5.37. The zero-order chi connectivity index (χ0) is 13.2. The van der Waals surface area contributed by atoms with E-state index in [0.29, 0.717) is 10.8 Å². The maximum absolute atomic E-state index is 12.4. The molecule has 1 heterocycles. The zero-order valence-electron chi connectivity index (χ0n) is 9.95. The van der Waals surface area contributed by atoms with Gasteiger partial charge in [0, 0.05) is 17.5 Å². The molecule has 0 aliphatic rings. The van der Waals surface area contributed by atoms with Crippen molar-refractivity contribution in [2.24, 2.45) is 5.73 Å². The predicted molar refractivity (Wildman–Crippen MR) is 63.3 cm³/mol. The largest absolute Gasteiger partial charge is 0.406 e. The van der Waals surface area contributed by atoms with Crippen molar-refractivity contribution in [1.29, 1.82) is 0 Å². The van der Waals surface area contributed by atoms with Crippen molar-refractivity contribution in [1.82, 2.24) is 4.98 Å². The maximum Gasteiger partial charge on any atom is 0.406 e. The van der Waals surface area contributed by atoms with Crippen molar-refractivity contribution >= 4 is 16.5 Å². The van der Waals surface area contributed by atoms with E-state index in [2.05, 4.69) is 4.98 Å². The minimum Gasteiger partial charge on any atom is -0.337 e. The van der Waals surface area contributed by atoms with Gasteiger partial charge in [-0.2, -0.15) is 13.2 Å². The fourth-order valence-electron chi connectivity index (χ4n) is 1.28. The predicted octanol–water partition coefficient (Wildman–Crippen LogP) is 2.94. The van der Waals surface area contributed by atoms with Crippen molar-refractivity contribution in [2.75, 3.05) is 11.4 Å². The van der Waals surface area contributed by atoms with E-state index in [4.69, 9.17) is 5.73 Å². The second-order valence-electron chi connectivity index (χ2n) is 4.18. The fraction of sp³-hybridized carbons (Fsp3) is 0.700. The number of alkyl halides is 3. The Balaban J connectivity index is 2.90. The van der Waals surface area contributed by atoms with Crippen LogP contribution in [-0.4, -0.2) is 23.7 Å². The van der Waals surface area contributed by atoms with Crippen molar-refractivity contribution < 1.29 is 13.2 Å². The second kappa shape index (κ2) is 5.22. The van der Waals surface area contributed by atoms with Gasteiger partial charge in [0.2, 0.25) is 0 Å². The Labute approximate surface area is 102 Å². The van der Waals surface area contributed by atoms with Gasteiger partial charge in [0.15, 0.2) is 5.13 Å².